The van der Waals surface area contributed by atoms with Crippen LogP contribution in [0.4, 0.5) is 5.82 Å². The lowest BCUT2D eigenvalue weighted by atomic mass is 10.6. The molecule has 8 heteroatoms. The van der Waals surface area contributed by atoms with Crippen molar-refractivity contribution in [3.8, 4) is 0 Å². The van der Waals surface area contributed by atoms with E-state index in [1.54, 1.807) is 6.20 Å². The smallest absolute Gasteiger partial charge is 0.215 e. The minimum atomic E-state index is -3.18. The second-order valence-corrected chi connectivity index (χ2v) is 6.38. The van der Waals surface area contributed by atoms with Crippen LogP contribution in [0, 0.1) is 0 Å². The maximum absolute atomic E-state index is 11.4. The van der Waals surface area contributed by atoms with Gasteiger partial charge in [0, 0.05) is 20.3 Å². The summed E-state index contributed by atoms with van der Waals surface area (Å²) in [6.45, 7) is 0.288. The molecule has 1 aromatic rings. The number of nitrogen functional groups attached to an aromatic ring is 1. The average molecular weight is 297 g/mol. The summed E-state index contributed by atoms with van der Waals surface area (Å²) in [4.78, 5) is 0. The van der Waals surface area contributed by atoms with Crippen molar-refractivity contribution >= 4 is 31.8 Å². The van der Waals surface area contributed by atoms with Gasteiger partial charge >= 0.3 is 0 Å². The average Bonchev–Trinajstić information content (AvgIpc) is 2.43. The Kier molecular flexibility index (Phi) is 3.74. The third-order valence-corrected chi connectivity index (χ3v) is 4.30. The van der Waals surface area contributed by atoms with Crippen LogP contribution >= 0.6 is 15.9 Å². The number of aryl methyl sites for hydroxylation is 1. The number of anilines is 1. The highest BCUT2D eigenvalue weighted by Crippen LogP contribution is 2.16. The zero-order valence-corrected chi connectivity index (χ0v) is 10.9. The highest BCUT2D eigenvalue weighted by molar-refractivity contribution is 9.10. The molecule has 0 bridgehead atoms. The Hall–Kier alpha value is -0.600. The minimum absolute atomic E-state index is 0.00750. The summed E-state index contributed by atoms with van der Waals surface area (Å²) in [6.07, 6.45) is 1.65. The molecule has 0 atom stereocenters. The molecule has 0 unspecified atom stereocenters. The standard InChI is InChI=1S/C7H13BrN4O2S/c1-11(2)15(13,14)4-3-12-5-6(8)7(9)10-12/h5H,3-4H2,1-2H3,(H2,9,10). The summed E-state index contributed by atoms with van der Waals surface area (Å²) < 4.78 is 26.2. The van der Waals surface area contributed by atoms with Crippen molar-refractivity contribution in [1.82, 2.24) is 14.1 Å². The summed E-state index contributed by atoms with van der Waals surface area (Å²) in [5.41, 5.74) is 5.50. The molecular formula is C7H13BrN4O2S. The zero-order valence-electron chi connectivity index (χ0n) is 8.51. The first kappa shape index (κ1) is 12.5. The van der Waals surface area contributed by atoms with E-state index in [-0.39, 0.29) is 12.3 Å². The van der Waals surface area contributed by atoms with E-state index in [2.05, 4.69) is 21.0 Å². The molecule has 0 aromatic carbocycles. The van der Waals surface area contributed by atoms with Crippen LogP contribution in [-0.4, -0.2) is 42.4 Å². The fourth-order valence-corrected chi connectivity index (χ4v) is 2.02. The third kappa shape index (κ3) is 3.18. The van der Waals surface area contributed by atoms with Gasteiger partial charge in [0.2, 0.25) is 10.0 Å². The van der Waals surface area contributed by atoms with Gasteiger partial charge in [-0.15, -0.1) is 0 Å². The van der Waals surface area contributed by atoms with Crippen molar-refractivity contribution < 1.29 is 8.42 Å². The van der Waals surface area contributed by atoms with Crippen LogP contribution in [-0.2, 0) is 16.6 Å². The Morgan fingerprint density at radius 3 is 2.60 bits per heavy atom. The molecule has 0 saturated heterocycles. The molecule has 0 aliphatic heterocycles. The summed E-state index contributed by atoms with van der Waals surface area (Å²) in [5, 5.41) is 3.94. The molecule has 0 saturated carbocycles. The zero-order chi connectivity index (χ0) is 11.6. The van der Waals surface area contributed by atoms with E-state index in [9.17, 15) is 8.42 Å². The Morgan fingerprint density at radius 1 is 1.60 bits per heavy atom. The molecule has 0 spiro atoms. The van der Waals surface area contributed by atoms with E-state index in [1.165, 1.54) is 23.1 Å². The van der Waals surface area contributed by atoms with Crippen molar-refractivity contribution in [1.29, 1.82) is 0 Å². The van der Waals surface area contributed by atoms with Crippen LogP contribution in [0.2, 0.25) is 0 Å². The molecule has 0 amide bonds. The molecule has 15 heavy (non-hydrogen) atoms. The third-order valence-electron chi connectivity index (χ3n) is 1.88. The Morgan fingerprint density at radius 2 is 2.20 bits per heavy atom. The topological polar surface area (TPSA) is 81.2 Å². The molecule has 6 nitrogen and oxygen atoms in total. The maximum atomic E-state index is 11.4. The number of sulfonamides is 1. The monoisotopic (exact) mass is 296 g/mol. The Labute approximate surface area is 97.2 Å². The van der Waals surface area contributed by atoms with E-state index in [4.69, 9.17) is 5.73 Å². The first-order valence-corrected chi connectivity index (χ1v) is 6.62. The lowest BCUT2D eigenvalue weighted by Gasteiger charge is -2.10. The van der Waals surface area contributed by atoms with Gasteiger partial charge in [-0.2, -0.15) is 5.10 Å². The van der Waals surface area contributed by atoms with E-state index in [0.29, 0.717) is 10.3 Å². The van der Waals surface area contributed by atoms with Crippen LogP contribution in [0.5, 0.6) is 0 Å². The van der Waals surface area contributed by atoms with Crippen LogP contribution in [0.15, 0.2) is 10.7 Å². The van der Waals surface area contributed by atoms with Gasteiger partial charge in [-0.1, -0.05) is 0 Å². The first-order valence-electron chi connectivity index (χ1n) is 4.21. The van der Waals surface area contributed by atoms with Gasteiger partial charge in [0.1, 0.15) is 0 Å². The second kappa shape index (κ2) is 4.50. The molecule has 0 aliphatic carbocycles. The minimum Gasteiger partial charge on any atom is -0.381 e. The number of hydrogen-bond donors (Lipinski definition) is 1. The maximum Gasteiger partial charge on any atom is 0.215 e. The van der Waals surface area contributed by atoms with Gasteiger partial charge in [-0.3, -0.25) is 4.68 Å². The van der Waals surface area contributed by atoms with Crippen molar-refractivity contribution in [3.05, 3.63) is 10.7 Å². The second-order valence-electron chi connectivity index (χ2n) is 3.22. The van der Waals surface area contributed by atoms with Crippen LogP contribution in [0.3, 0.4) is 0 Å². The number of nitrogens with two attached hydrogens (primary N) is 1. The summed E-state index contributed by atoms with van der Waals surface area (Å²) in [7, 11) is -0.178. The number of aromatic nitrogens is 2. The Balaban J connectivity index is 2.66. The molecule has 1 heterocycles. The van der Waals surface area contributed by atoms with E-state index >= 15 is 0 Å². The van der Waals surface area contributed by atoms with Crippen molar-refractivity contribution in [2.45, 2.75) is 6.54 Å². The summed E-state index contributed by atoms with van der Waals surface area (Å²) >= 11 is 3.20. The lowest BCUT2D eigenvalue weighted by Crippen LogP contribution is -2.27. The predicted molar refractivity (Wildman–Crippen MR) is 61.8 cm³/mol. The summed E-state index contributed by atoms with van der Waals surface area (Å²) in [6, 6.07) is 0. The van der Waals surface area contributed by atoms with Gasteiger partial charge in [0.25, 0.3) is 0 Å². The van der Waals surface area contributed by atoms with Crippen molar-refractivity contribution in [3.63, 3.8) is 0 Å². The largest absolute Gasteiger partial charge is 0.381 e. The molecule has 1 rings (SSSR count). The molecule has 1 aromatic heterocycles. The van der Waals surface area contributed by atoms with Crippen LogP contribution in [0.25, 0.3) is 0 Å². The number of rotatable bonds is 4. The van der Waals surface area contributed by atoms with Gasteiger partial charge < -0.3 is 5.73 Å². The molecule has 0 aliphatic rings. The predicted octanol–water partition coefficient (Wildman–Crippen LogP) is 0.119. The summed E-state index contributed by atoms with van der Waals surface area (Å²) in [5.74, 6) is 0.366. The highest BCUT2D eigenvalue weighted by atomic mass is 79.9. The van der Waals surface area contributed by atoms with Crippen molar-refractivity contribution in [2.75, 3.05) is 25.6 Å². The molecule has 2 N–H and O–H groups in total. The fraction of sp³-hybridized carbons (Fsp3) is 0.571. The van der Waals surface area contributed by atoms with E-state index in [0.717, 1.165) is 0 Å². The fourth-order valence-electron chi connectivity index (χ4n) is 0.918. The molecule has 0 fully saturated rings. The van der Waals surface area contributed by atoms with Gasteiger partial charge in [-0.05, 0) is 15.9 Å². The van der Waals surface area contributed by atoms with Gasteiger partial charge in [0.15, 0.2) is 5.82 Å². The Bertz CT molecular complexity index is 420. The molecular weight excluding hydrogens is 284 g/mol. The van der Waals surface area contributed by atoms with Gasteiger partial charge in [-0.25, -0.2) is 12.7 Å². The SMILES string of the molecule is CN(C)S(=O)(=O)CCn1cc(Br)c(N)n1. The highest BCUT2D eigenvalue weighted by Gasteiger charge is 2.14. The quantitative estimate of drug-likeness (QED) is 0.856. The van der Waals surface area contributed by atoms with Crippen LogP contribution < -0.4 is 5.73 Å². The lowest BCUT2D eigenvalue weighted by molar-refractivity contribution is 0.512. The van der Waals surface area contributed by atoms with Crippen LogP contribution in [0.1, 0.15) is 0 Å². The van der Waals surface area contributed by atoms with Gasteiger partial charge in [0.05, 0.1) is 16.8 Å². The first-order chi connectivity index (χ1) is 6.83. The van der Waals surface area contributed by atoms with Crippen molar-refractivity contribution in [2.24, 2.45) is 0 Å². The number of nitrogens with zero attached hydrogens (tertiary/aromatic N) is 3. The normalized spacial score (nSPS) is 12.3. The molecule has 86 valence electrons. The molecule has 0 radical (unpaired) electrons. The van der Waals surface area contributed by atoms with E-state index in [1.807, 2.05) is 0 Å². The number of hydrogen-bond acceptors (Lipinski definition) is 4. The number of halogens is 1. The van der Waals surface area contributed by atoms with E-state index < -0.39 is 10.0 Å².